The Bertz CT molecular complexity index is 757. The van der Waals surface area contributed by atoms with Crippen molar-refractivity contribution in [1.29, 1.82) is 0 Å². The molecule has 8 heteroatoms. The third-order valence-corrected chi connectivity index (χ3v) is 4.19. The summed E-state index contributed by atoms with van der Waals surface area (Å²) in [6.07, 6.45) is -4.50. The summed E-state index contributed by atoms with van der Waals surface area (Å²) in [7, 11) is 0. The lowest BCUT2D eigenvalue weighted by atomic mass is 9.95. The zero-order chi connectivity index (χ0) is 18.2. The van der Waals surface area contributed by atoms with E-state index >= 15 is 0 Å². The molecule has 2 N–H and O–H groups in total. The van der Waals surface area contributed by atoms with Crippen molar-refractivity contribution < 1.29 is 26.7 Å². The van der Waals surface area contributed by atoms with E-state index in [9.17, 15) is 22.0 Å². The van der Waals surface area contributed by atoms with Crippen LogP contribution in [0.4, 0.5) is 22.0 Å². The van der Waals surface area contributed by atoms with E-state index in [1.165, 1.54) is 30.3 Å². The number of benzene rings is 1. The first-order valence-corrected chi connectivity index (χ1v) is 7.61. The Morgan fingerprint density at radius 2 is 1.92 bits per heavy atom. The molecule has 3 rings (SSSR count). The minimum absolute atomic E-state index is 0.00712. The van der Waals surface area contributed by atoms with Gasteiger partial charge in [0, 0.05) is 29.3 Å². The maximum Gasteiger partial charge on any atom is 0.399 e. The first-order chi connectivity index (χ1) is 11.8. The highest BCUT2D eigenvalue weighted by atomic mass is 19.4. The van der Waals surface area contributed by atoms with Gasteiger partial charge in [0.05, 0.1) is 6.67 Å². The van der Waals surface area contributed by atoms with Crippen LogP contribution in [-0.2, 0) is 0 Å². The lowest BCUT2D eigenvalue weighted by Crippen LogP contribution is -2.22. The van der Waals surface area contributed by atoms with Gasteiger partial charge in [-0.1, -0.05) is 0 Å². The number of hydrogen-bond acceptors (Lipinski definition) is 3. The summed E-state index contributed by atoms with van der Waals surface area (Å²) in [5.41, 5.74) is 6.06. The third-order valence-electron chi connectivity index (χ3n) is 4.19. The van der Waals surface area contributed by atoms with Crippen LogP contribution in [0.25, 0.3) is 11.3 Å². The summed E-state index contributed by atoms with van der Waals surface area (Å²) < 4.78 is 71.4. The lowest BCUT2D eigenvalue weighted by Gasteiger charge is -2.17. The summed E-state index contributed by atoms with van der Waals surface area (Å²) in [5, 5.41) is 0. The van der Waals surface area contributed by atoms with Gasteiger partial charge in [-0.05, 0) is 30.3 Å². The Morgan fingerprint density at radius 1 is 1.24 bits per heavy atom. The van der Waals surface area contributed by atoms with Crippen LogP contribution in [-0.4, -0.2) is 31.0 Å². The minimum atomic E-state index is -4.50. The number of pyridine rings is 1. The molecule has 0 bridgehead atoms. The average Bonchev–Trinajstić information content (AvgIpc) is 3.00. The van der Waals surface area contributed by atoms with E-state index in [-0.39, 0.29) is 29.2 Å². The van der Waals surface area contributed by atoms with Gasteiger partial charge in [0.25, 0.3) is 0 Å². The molecule has 0 aliphatic carbocycles. The van der Waals surface area contributed by atoms with Gasteiger partial charge in [-0.3, -0.25) is 4.39 Å². The Balaban J connectivity index is 2.19. The molecule has 0 radical (unpaired) electrons. The quantitative estimate of drug-likeness (QED) is 0.843. The molecule has 0 saturated heterocycles. The highest BCUT2D eigenvalue weighted by molar-refractivity contribution is 5.70. The van der Waals surface area contributed by atoms with Crippen molar-refractivity contribution in [2.45, 2.75) is 18.0 Å². The average molecular weight is 358 g/mol. The fraction of sp³-hybridized carbons (Fsp3) is 0.353. The molecule has 25 heavy (non-hydrogen) atoms. The highest BCUT2D eigenvalue weighted by Gasteiger charge is 2.47. The number of halogens is 5. The van der Waals surface area contributed by atoms with Crippen molar-refractivity contribution in [1.82, 2.24) is 4.98 Å². The van der Waals surface area contributed by atoms with Crippen LogP contribution in [0, 0.1) is 5.82 Å². The molecule has 1 aromatic heterocycles. The summed E-state index contributed by atoms with van der Waals surface area (Å²) >= 11 is 0. The molecule has 2 atom stereocenters. The predicted octanol–water partition coefficient (Wildman–Crippen LogP) is 3.94. The van der Waals surface area contributed by atoms with E-state index in [2.05, 4.69) is 4.98 Å². The molecular formula is C17H15F5N2O. The van der Waals surface area contributed by atoms with E-state index in [1.807, 2.05) is 0 Å². The monoisotopic (exact) mass is 358 g/mol. The fourth-order valence-electron chi connectivity index (χ4n) is 2.79. The predicted molar refractivity (Wildman–Crippen MR) is 81.7 cm³/mol. The molecule has 1 aliphatic rings. The molecule has 0 fully saturated rings. The van der Waals surface area contributed by atoms with E-state index in [4.69, 9.17) is 10.5 Å². The van der Waals surface area contributed by atoms with E-state index in [0.29, 0.717) is 5.56 Å². The molecule has 0 spiro atoms. The molecule has 2 heterocycles. The van der Waals surface area contributed by atoms with Crippen LogP contribution in [0.15, 0.2) is 30.3 Å². The van der Waals surface area contributed by atoms with Gasteiger partial charge in [-0.15, -0.1) is 0 Å². The van der Waals surface area contributed by atoms with Crippen LogP contribution in [0.2, 0.25) is 0 Å². The van der Waals surface area contributed by atoms with Gasteiger partial charge >= 0.3 is 6.18 Å². The molecule has 2 aromatic rings. The maximum absolute atomic E-state index is 13.3. The SMILES string of the molecule is NCC(CF)c1cc2c(c(-c3ccc(F)cc3)n1)OCC2C(F)(F)F. The first kappa shape index (κ1) is 17.6. The van der Waals surface area contributed by atoms with E-state index < -0.39 is 37.1 Å². The topological polar surface area (TPSA) is 48.1 Å². The zero-order valence-electron chi connectivity index (χ0n) is 13.0. The normalized spacial score (nSPS) is 17.9. The van der Waals surface area contributed by atoms with Crippen molar-refractivity contribution in [3.63, 3.8) is 0 Å². The number of aromatic nitrogens is 1. The smallest absolute Gasteiger partial charge is 0.399 e. The van der Waals surface area contributed by atoms with Crippen molar-refractivity contribution in [3.05, 3.63) is 47.4 Å². The van der Waals surface area contributed by atoms with Gasteiger partial charge in [0.1, 0.15) is 29.8 Å². The minimum Gasteiger partial charge on any atom is -0.490 e. The van der Waals surface area contributed by atoms with E-state index in [1.54, 1.807) is 0 Å². The van der Waals surface area contributed by atoms with Crippen molar-refractivity contribution in [2.75, 3.05) is 19.8 Å². The van der Waals surface area contributed by atoms with Gasteiger partial charge in [0.2, 0.25) is 0 Å². The lowest BCUT2D eigenvalue weighted by molar-refractivity contribution is -0.151. The number of rotatable bonds is 4. The second-order valence-corrected chi connectivity index (χ2v) is 5.81. The van der Waals surface area contributed by atoms with Crippen molar-refractivity contribution in [3.8, 4) is 17.0 Å². The Labute approximate surface area is 140 Å². The van der Waals surface area contributed by atoms with Crippen molar-refractivity contribution in [2.24, 2.45) is 5.73 Å². The van der Waals surface area contributed by atoms with Crippen LogP contribution >= 0.6 is 0 Å². The molecule has 2 unspecified atom stereocenters. The van der Waals surface area contributed by atoms with Crippen LogP contribution in [0.5, 0.6) is 5.75 Å². The number of nitrogens with two attached hydrogens (primary N) is 1. The molecule has 1 aromatic carbocycles. The zero-order valence-corrected chi connectivity index (χ0v) is 13.0. The Hall–Kier alpha value is -2.22. The molecule has 134 valence electrons. The van der Waals surface area contributed by atoms with E-state index in [0.717, 1.165) is 0 Å². The molecular weight excluding hydrogens is 343 g/mol. The number of alkyl halides is 4. The van der Waals surface area contributed by atoms with Crippen LogP contribution < -0.4 is 10.5 Å². The van der Waals surface area contributed by atoms with Crippen molar-refractivity contribution >= 4 is 0 Å². The second-order valence-electron chi connectivity index (χ2n) is 5.81. The van der Waals surface area contributed by atoms with Gasteiger partial charge in [-0.2, -0.15) is 13.2 Å². The highest BCUT2D eigenvalue weighted by Crippen LogP contribution is 2.48. The van der Waals surface area contributed by atoms with Gasteiger partial charge in [0.15, 0.2) is 0 Å². The Morgan fingerprint density at radius 3 is 2.48 bits per heavy atom. The first-order valence-electron chi connectivity index (χ1n) is 7.61. The largest absolute Gasteiger partial charge is 0.490 e. The standard InChI is InChI=1S/C17H15F5N2O/c18-6-10(7-23)14-5-12-13(17(20,21)22)8-25-16(12)15(24-14)9-1-3-11(19)4-2-9/h1-5,10,13H,6-8,23H2. The van der Waals surface area contributed by atoms with Crippen LogP contribution in [0.1, 0.15) is 23.1 Å². The maximum atomic E-state index is 13.3. The summed E-state index contributed by atoms with van der Waals surface area (Å²) in [6.45, 7) is -1.51. The molecule has 0 amide bonds. The summed E-state index contributed by atoms with van der Waals surface area (Å²) in [4.78, 5) is 4.27. The number of hydrogen-bond donors (Lipinski definition) is 1. The fourth-order valence-corrected chi connectivity index (χ4v) is 2.79. The number of ether oxygens (including phenoxy) is 1. The van der Waals surface area contributed by atoms with Gasteiger partial charge < -0.3 is 10.5 Å². The van der Waals surface area contributed by atoms with Gasteiger partial charge in [-0.25, -0.2) is 9.37 Å². The third kappa shape index (κ3) is 3.30. The molecule has 1 aliphatic heterocycles. The number of nitrogens with zero attached hydrogens (tertiary/aromatic N) is 1. The molecule has 0 saturated carbocycles. The Kier molecular flexibility index (Phi) is 4.64. The molecule has 3 nitrogen and oxygen atoms in total. The summed E-state index contributed by atoms with van der Waals surface area (Å²) in [5.74, 6) is -3.14. The second kappa shape index (κ2) is 6.59. The number of fused-ring (bicyclic) bond motifs is 1. The van der Waals surface area contributed by atoms with Crippen LogP contribution in [0.3, 0.4) is 0 Å². The summed E-state index contributed by atoms with van der Waals surface area (Å²) in [6, 6.07) is 6.33.